The SMILES string of the molecule is CCCCCCCCCCCCCCCC(=O)CCOC(=O)C[C@@H](CN)CC(C)C. The molecule has 0 aliphatic carbocycles. The molecule has 0 rings (SSSR count). The van der Waals surface area contributed by atoms with Crippen molar-refractivity contribution < 1.29 is 14.3 Å². The number of hydrogen-bond acceptors (Lipinski definition) is 4. The molecule has 0 aliphatic heterocycles. The quantitative estimate of drug-likeness (QED) is 0.150. The van der Waals surface area contributed by atoms with Crippen LogP contribution in [0.3, 0.4) is 0 Å². The minimum atomic E-state index is -0.222. The fourth-order valence-corrected chi connectivity index (χ4v) is 3.97. The van der Waals surface area contributed by atoms with E-state index in [4.69, 9.17) is 10.5 Å². The molecule has 0 aromatic rings. The Balaban J connectivity index is 3.44. The zero-order valence-electron chi connectivity index (χ0n) is 20.4. The van der Waals surface area contributed by atoms with Crippen LogP contribution in [0, 0.1) is 11.8 Å². The Morgan fingerprint density at radius 2 is 1.27 bits per heavy atom. The molecule has 0 radical (unpaired) electrons. The summed E-state index contributed by atoms with van der Waals surface area (Å²) >= 11 is 0. The number of ether oxygens (including phenoxy) is 1. The van der Waals surface area contributed by atoms with Gasteiger partial charge in [-0.25, -0.2) is 0 Å². The molecule has 0 spiro atoms. The summed E-state index contributed by atoms with van der Waals surface area (Å²) in [4.78, 5) is 23.8. The Morgan fingerprint density at radius 3 is 1.73 bits per heavy atom. The average molecular weight is 426 g/mol. The van der Waals surface area contributed by atoms with E-state index in [2.05, 4.69) is 20.8 Å². The Hall–Kier alpha value is -0.900. The lowest BCUT2D eigenvalue weighted by atomic mass is 9.94. The van der Waals surface area contributed by atoms with Crippen molar-refractivity contribution in [2.45, 2.75) is 130 Å². The zero-order valence-corrected chi connectivity index (χ0v) is 20.4. The highest BCUT2D eigenvalue weighted by atomic mass is 16.5. The molecule has 178 valence electrons. The molecule has 0 fully saturated rings. The largest absolute Gasteiger partial charge is 0.465 e. The first-order chi connectivity index (χ1) is 14.5. The maximum atomic E-state index is 11.9. The van der Waals surface area contributed by atoms with Gasteiger partial charge in [-0.15, -0.1) is 0 Å². The fourth-order valence-electron chi connectivity index (χ4n) is 3.97. The second kappa shape index (κ2) is 21.3. The Morgan fingerprint density at radius 1 is 0.767 bits per heavy atom. The number of rotatable bonds is 22. The summed E-state index contributed by atoms with van der Waals surface area (Å²) in [6.45, 7) is 7.24. The smallest absolute Gasteiger partial charge is 0.306 e. The van der Waals surface area contributed by atoms with Crippen molar-refractivity contribution in [3.63, 3.8) is 0 Å². The molecule has 0 saturated heterocycles. The van der Waals surface area contributed by atoms with Gasteiger partial charge in [-0.1, -0.05) is 97.8 Å². The van der Waals surface area contributed by atoms with Crippen LogP contribution in [-0.4, -0.2) is 24.9 Å². The highest BCUT2D eigenvalue weighted by Gasteiger charge is 2.15. The van der Waals surface area contributed by atoms with E-state index in [0.29, 0.717) is 31.7 Å². The first kappa shape index (κ1) is 29.1. The standard InChI is InChI=1S/C26H51NO3/c1-4-5-6-7-8-9-10-11-12-13-14-15-16-17-25(28)18-19-30-26(29)21-24(22-27)20-23(2)3/h23-24H,4-22,27H2,1-3H3/t24-/m0/s1. The van der Waals surface area contributed by atoms with Crippen LogP contribution in [0.25, 0.3) is 0 Å². The number of nitrogens with two attached hydrogens (primary N) is 1. The monoisotopic (exact) mass is 425 g/mol. The summed E-state index contributed by atoms with van der Waals surface area (Å²) in [5, 5.41) is 0. The molecule has 30 heavy (non-hydrogen) atoms. The lowest BCUT2D eigenvalue weighted by Crippen LogP contribution is -2.21. The minimum absolute atomic E-state index is 0.180. The second-order valence-corrected chi connectivity index (χ2v) is 9.44. The Bertz CT molecular complexity index is 409. The van der Waals surface area contributed by atoms with Gasteiger partial charge < -0.3 is 10.5 Å². The lowest BCUT2D eigenvalue weighted by molar-refractivity contribution is -0.145. The van der Waals surface area contributed by atoms with Gasteiger partial charge in [-0.3, -0.25) is 9.59 Å². The van der Waals surface area contributed by atoms with E-state index in [1.165, 1.54) is 70.6 Å². The summed E-state index contributed by atoms with van der Waals surface area (Å²) < 4.78 is 5.23. The summed E-state index contributed by atoms with van der Waals surface area (Å²) in [5.41, 5.74) is 5.72. The normalized spacial score (nSPS) is 12.3. The molecule has 4 heteroatoms. The van der Waals surface area contributed by atoms with Crippen LogP contribution in [0.15, 0.2) is 0 Å². The first-order valence-electron chi connectivity index (χ1n) is 12.9. The van der Waals surface area contributed by atoms with Crippen molar-refractivity contribution in [2.75, 3.05) is 13.2 Å². The maximum Gasteiger partial charge on any atom is 0.306 e. The second-order valence-electron chi connectivity index (χ2n) is 9.44. The minimum Gasteiger partial charge on any atom is -0.465 e. The number of carbonyl (C=O) groups excluding carboxylic acids is 2. The third-order valence-electron chi connectivity index (χ3n) is 5.80. The van der Waals surface area contributed by atoms with E-state index in [1.54, 1.807) is 0 Å². The molecule has 0 aromatic carbocycles. The van der Waals surface area contributed by atoms with E-state index in [0.717, 1.165) is 19.3 Å². The van der Waals surface area contributed by atoms with Gasteiger partial charge in [-0.05, 0) is 31.2 Å². The molecule has 0 unspecified atom stereocenters. The molecular weight excluding hydrogens is 374 g/mol. The van der Waals surface area contributed by atoms with E-state index < -0.39 is 0 Å². The van der Waals surface area contributed by atoms with Crippen molar-refractivity contribution in [3.8, 4) is 0 Å². The third kappa shape index (κ3) is 20.4. The number of unbranched alkanes of at least 4 members (excludes halogenated alkanes) is 12. The van der Waals surface area contributed by atoms with Crippen LogP contribution < -0.4 is 5.73 Å². The fraction of sp³-hybridized carbons (Fsp3) is 0.923. The molecule has 0 bridgehead atoms. The number of ketones is 1. The van der Waals surface area contributed by atoms with Crippen molar-refractivity contribution >= 4 is 11.8 Å². The number of Topliss-reactive ketones (excluding diaryl/α,β-unsaturated/α-hetero) is 1. The van der Waals surface area contributed by atoms with Crippen LogP contribution in [0.1, 0.15) is 130 Å². The topological polar surface area (TPSA) is 69.4 Å². The van der Waals surface area contributed by atoms with Crippen LogP contribution >= 0.6 is 0 Å². The van der Waals surface area contributed by atoms with Gasteiger partial charge in [0.15, 0.2) is 0 Å². The van der Waals surface area contributed by atoms with E-state index in [1.807, 2.05) is 0 Å². The summed E-state index contributed by atoms with van der Waals surface area (Å²) in [6.07, 6.45) is 19.3. The van der Waals surface area contributed by atoms with Gasteiger partial charge >= 0.3 is 5.97 Å². The number of carbonyl (C=O) groups is 2. The third-order valence-corrected chi connectivity index (χ3v) is 5.80. The van der Waals surface area contributed by atoms with Gasteiger partial charge in [-0.2, -0.15) is 0 Å². The van der Waals surface area contributed by atoms with Gasteiger partial charge in [0.05, 0.1) is 6.61 Å². The van der Waals surface area contributed by atoms with Crippen molar-refractivity contribution in [1.29, 1.82) is 0 Å². The van der Waals surface area contributed by atoms with E-state index in [-0.39, 0.29) is 24.3 Å². The predicted octanol–water partition coefficient (Wildman–Crippen LogP) is 6.98. The van der Waals surface area contributed by atoms with E-state index >= 15 is 0 Å². The van der Waals surface area contributed by atoms with Crippen molar-refractivity contribution in [3.05, 3.63) is 0 Å². The molecule has 0 aromatic heterocycles. The zero-order chi connectivity index (χ0) is 22.5. The Labute approximate surface area is 187 Å². The van der Waals surface area contributed by atoms with Crippen molar-refractivity contribution in [2.24, 2.45) is 17.6 Å². The highest BCUT2D eigenvalue weighted by molar-refractivity contribution is 5.78. The van der Waals surface area contributed by atoms with E-state index in [9.17, 15) is 9.59 Å². The molecule has 0 saturated carbocycles. The van der Waals surface area contributed by atoms with Gasteiger partial charge in [0, 0.05) is 19.3 Å². The average Bonchev–Trinajstić information content (AvgIpc) is 2.70. The van der Waals surface area contributed by atoms with Crippen LogP contribution in [0.4, 0.5) is 0 Å². The molecule has 2 N–H and O–H groups in total. The summed E-state index contributed by atoms with van der Waals surface area (Å²) in [5.74, 6) is 0.690. The molecule has 0 aliphatic rings. The molecule has 4 nitrogen and oxygen atoms in total. The highest BCUT2D eigenvalue weighted by Crippen LogP contribution is 2.15. The van der Waals surface area contributed by atoms with Crippen molar-refractivity contribution in [1.82, 2.24) is 0 Å². The number of esters is 1. The summed E-state index contributed by atoms with van der Waals surface area (Å²) in [6, 6.07) is 0. The first-order valence-corrected chi connectivity index (χ1v) is 12.9. The number of hydrogen-bond donors (Lipinski definition) is 1. The van der Waals surface area contributed by atoms with Gasteiger partial charge in [0.2, 0.25) is 0 Å². The van der Waals surface area contributed by atoms with Crippen LogP contribution in [0.2, 0.25) is 0 Å². The predicted molar refractivity (Wildman–Crippen MR) is 128 cm³/mol. The molecule has 0 amide bonds. The van der Waals surface area contributed by atoms with Crippen LogP contribution in [0.5, 0.6) is 0 Å². The van der Waals surface area contributed by atoms with Gasteiger partial charge in [0.1, 0.15) is 5.78 Å². The molecular formula is C26H51NO3. The lowest BCUT2D eigenvalue weighted by Gasteiger charge is -2.16. The molecule has 0 heterocycles. The molecule has 1 atom stereocenters. The van der Waals surface area contributed by atoms with Crippen LogP contribution in [-0.2, 0) is 14.3 Å². The maximum absolute atomic E-state index is 11.9. The summed E-state index contributed by atoms with van der Waals surface area (Å²) in [7, 11) is 0. The Kier molecular flexibility index (Phi) is 20.7. The van der Waals surface area contributed by atoms with Gasteiger partial charge in [0.25, 0.3) is 0 Å².